The normalized spacial score (nSPS) is 14.6. The van der Waals surface area contributed by atoms with Crippen LogP contribution in [-0.2, 0) is 6.54 Å². The fraction of sp³-hybridized carbons (Fsp3) is 0.231. The van der Waals surface area contributed by atoms with Crippen molar-refractivity contribution in [2.75, 3.05) is 18.4 Å². The number of rotatable bonds is 5. The van der Waals surface area contributed by atoms with Gasteiger partial charge in [-0.25, -0.2) is 4.98 Å². The summed E-state index contributed by atoms with van der Waals surface area (Å²) in [6.45, 7) is 2.09. The van der Waals surface area contributed by atoms with Gasteiger partial charge >= 0.3 is 0 Å². The number of para-hydroxylation sites is 1. The van der Waals surface area contributed by atoms with Gasteiger partial charge in [0.1, 0.15) is 13.7 Å². The van der Waals surface area contributed by atoms with E-state index in [4.69, 9.17) is 4.98 Å². The van der Waals surface area contributed by atoms with Gasteiger partial charge in [0.2, 0.25) is 0 Å². The van der Waals surface area contributed by atoms with E-state index in [-0.39, 0.29) is 5.91 Å². The van der Waals surface area contributed by atoms with Crippen LogP contribution in [0.1, 0.15) is 40.4 Å². The molecule has 6 rings (SSSR count). The summed E-state index contributed by atoms with van der Waals surface area (Å²) in [5.74, 6) is 1.30. The highest BCUT2D eigenvalue weighted by atomic mass is 16.2. The molecule has 0 unspecified atom stereocenters. The Hall–Kier alpha value is -4.14. The van der Waals surface area contributed by atoms with Gasteiger partial charge in [0, 0.05) is 73.0 Å². The van der Waals surface area contributed by atoms with Crippen molar-refractivity contribution >= 4 is 41.6 Å². The summed E-state index contributed by atoms with van der Waals surface area (Å²) in [5.41, 5.74) is 5.80. The van der Waals surface area contributed by atoms with Crippen LogP contribution in [0.3, 0.4) is 0 Å². The summed E-state index contributed by atoms with van der Waals surface area (Å²) in [5, 5.41) is 9.02. The van der Waals surface area contributed by atoms with E-state index in [1.807, 2.05) is 72.3 Å². The molecule has 174 valence electrons. The Bertz CT molecular complexity index is 1500. The first-order valence-electron chi connectivity index (χ1n) is 12.0. The smallest absolute Gasteiger partial charge is 0.256 e. The molecule has 0 bridgehead atoms. The van der Waals surface area contributed by atoms with Crippen molar-refractivity contribution in [2.24, 2.45) is 0 Å². The Labute approximate surface area is 203 Å². The molecule has 1 aliphatic heterocycles. The zero-order valence-electron chi connectivity index (χ0n) is 19.6. The first kappa shape index (κ1) is 21.4. The van der Waals surface area contributed by atoms with Crippen molar-refractivity contribution in [2.45, 2.75) is 25.3 Å². The van der Waals surface area contributed by atoms with E-state index in [0.717, 1.165) is 57.5 Å². The van der Waals surface area contributed by atoms with Crippen LogP contribution >= 0.6 is 0 Å². The molecular weight excluding hydrogens is 437 g/mol. The maximum atomic E-state index is 13.2. The maximum Gasteiger partial charge on any atom is 0.256 e. The molecule has 9 heteroatoms. The van der Waals surface area contributed by atoms with Crippen LogP contribution in [0.5, 0.6) is 0 Å². The third-order valence-corrected chi connectivity index (χ3v) is 6.88. The lowest BCUT2D eigenvalue weighted by Crippen LogP contribution is -2.38. The second kappa shape index (κ2) is 8.90. The topological polar surface area (TPSA) is 91.2 Å². The molecule has 1 fully saturated rings. The highest BCUT2D eigenvalue weighted by molar-refractivity contribution is 6.36. The number of amides is 1. The molecule has 35 heavy (non-hydrogen) atoms. The number of anilines is 1. The van der Waals surface area contributed by atoms with E-state index in [2.05, 4.69) is 26.4 Å². The van der Waals surface area contributed by atoms with Gasteiger partial charge in [-0.3, -0.25) is 9.78 Å². The van der Waals surface area contributed by atoms with E-state index >= 15 is 0 Å². The molecule has 5 aromatic rings. The Morgan fingerprint density at radius 2 is 2.00 bits per heavy atom. The van der Waals surface area contributed by atoms with Crippen molar-refractivity contribution in [3.05, 3.63) is 84.1 Å². The van der Waals surface area contributed by atoms with Gasteiger partial charge < -0.3 is 15.2 Å². The van der Waals surface area contributed by atoms with Crippen LogP contribution in [0.15, 0.2) is 67.3 Å². The van der Waals surface area contributed by atoms with E-state index in [1.54, 1.807) is 6.20 Å². The highest BCUT2D eigenvalue weighted by Gasteiger charge is 2.27. The SMILES string of the molecule is Bc1cnn2c(NCc3cccnc3)cc(C3CCN(C(=O)c4c[nH]c5ccccc45)CC3)nc12. The Balaban J connectivity index is 1.21. The molecule has 0 radical (unpaired) electrons. The van der Waals surface area contributed by atoms with Gasteiger partial charge in [0.15, 0.2) is 5.65 Å². The number of aromatic amines is 1. The molecule has 2 N–H and O–H groups in total. The molecule has 0 aliphatic carbocycles. The van der Waals surface area contributed by atoms with Crippen LogP contribution in [-0.4, -0.2) is 56.3 Å². The molecule has 1 aromatic carbocycles. The summed E-state index contributed by atoms with van der Waals surface area (Å²) in [7, 11) is 2.03. The molecule has 1 amide bonds. The number of hydrogen-bond donors (Lipinski definition) is 2. The van der Waals surface area contributed by atoms with Gasteiger partial charge in [-0.15, -0.1) is 0 Å². The summed E-state index contributed by atoms with van der Waals surface area (Å²) in [6.07, 6.45) is 9.08. The number of benzene rings is 1. The second-order valence-corrected chi connectivity index (χ2v) is 9.16. The summed E-state index contributed by atoms with van der Waals surface area (Å²) < 4.78 is 1.87. The van der Waals surface area contributed by atoms with E-state index in [9.17, 15) is 4.79 Å². The molecule has 1 saturated heterocycles. The summed E-state index contributed by atoms with van der Waals surface area (Å²) in [6, 6.07) is 14.0. The highest BCUT2D eigenvalue weighted by Crippen LogP contribution is 2.30. The summed E-state index contributed by atoms with van der Waals surface area (Å²) >= 11 is 0. The number of piperidine rings is 1. The Morgan fingerprint density at radius 1 is 1.14 bits per heavy atom. The molecule has 4 aromatic heterocycles. The number of aromatic nitrogens is 5. The standard InChI is InChI=1S/C26H26BN7O/c27-21-16-31-34-24(30-14-17-4-3-9-28-13-17)12-23(32-25(21)34)18-7-10-33(11-8-18)26(35)20-15-29-22-6-2-1-5-19(20)22/h1-6,9,12-13,15-16,18,29-30H,7-8,10-11,14,27H2. The number of nitrogens with one attached hydrogen (secondary N) is 2. The average Bonchev–Trinajstić information content (AvgIpc) is 3.51. The van der Waals surface area contributed by atoms with E-state index in [0.29, 0.717) is 25.6 Å². The lowest BCUT2D eigenvalue weighted by Gasteiger charge is -2.32. The van der Waals surface area contributed by atoms with Gasteiger partial charge in [0.25, 0.3) is 5.91 Å². The van der Waals surface area contributed by atoms with Crippen molar-refractivity contribution in [1.29, 1.82) is 0 Å². The second-order valence-electron chi connectivity index (χ2n) is 9.16. The van der Waals surface area contributed by atoms with Crippen LogP contribution < -0.4 is 10.8 Å². The van der Waals surface area contributed by atoms with Crippen LogP contribution in [0.4, 0.5) is 5.82 Å². The Morgan fingerprint density at radius 3 is 2.83 bits per heavy atom. The zero-order valence-corrected chi connectivity index (χ0v) is 19.6. The minimum atomic E-state index is 0.0924. The molecule has 5 heterocycles. The molecule has 1 aliphatic rings. The fourth-order valence-electron chi connectivity index (χ4n) is 4.92. The number of fused-ring (bicyclic) bond motifs is 2. The number of hydrogen-bond acceptors (Lipinski definition) is 5. The number of likely N-dealkylation sites (tertiary alicyclic amines) is 1. The van der Waals surface area contributed by atoms with Crippen molar-refractivity contribution in [1.82, 2.24) is 29.5 Å². The largest absolute Gasteiger partial charge is 0.366 e. The molecule has 0 spiro atoms. The quantitative estimate of drug-likeness (QED) is 0.391. The lowest BCUT2D eigenvalue weighted by atomic mass is 9.92. The van der Waals surface area contributed by atoms with Gasteiger partial charge in [-0.1, -0.05) is 24.3 Å². The van der Waals surface area contributed by atoms with E-state index < -0.39 is 0 Å². The number of H-pyrrole nitrogens is 1. The van der Waals surface area contributed by atoms with E-state index in [1.165, 1.54) is 0 Å². The first-order chi connectivity index (χ1) is 17.2. The monoisotopic (exact) mass is 463 g/mol. The number of carbonyl (C=O) groups excluding carboxylic acids is 1. The third kappa shape index (κ3) is 4.03. The number of pyridine rings is 1. The Kier molecular flexibility index (Phi) is 5.44. The molecule has 0 atom stereocenters. The fourth-order valence-corrected chi connectivity index (χ4v) is 4.92. The first-order valence-corrected chi connectivity index (χ1v) is 12.0. The van der Waals surface area contributed by atoms with Gasteiger partial charge in [-0.2, -0.15) is 9.61 Å². The predicted octanol–water partition coefficient (Wildman–Crippen LogP) is 2.50. The molecule has 0 saturated carbocycles. The third-order valence-electron chi connectivity index (χ3n) is 6.88. The number of carbonyl (C=O) groups is 1. The number of nitrogens with zero attached hydrogens (tertiary/aromatic N) is 5. The minimum absolute atomic E-state index is 0.0924. The molecular formula is C26H26BN7O. The molecule has 8 nitrogen and oxygen atoms in total. The van der Waals surface area contributed by atoms with Gasteiger partial charge in [0.05, 0.1) is 5.56 Å². The van der Waals surface area contributed by atoms with Crippen LogP contribution in [0.2, 0.25) is 0 Å². The minimum Gasteiger partial charge on any atom is -0.366 e. The average molecular weight is 463 g/mol. The van der Waals surface area contributed by atoms with Crippen molar-refractivity contribution < 1.29 is 4.79 Å². The zero-order chi connectivity index (χ0) is 23.8. The van der Waals surface area contributed by atoms with Crippen molar-refractivity contribution in [3.8, 4) is 0 Å². The predicted molar refractivity (Wildman–Crippen MR) is 139 cm³/mol. The summed E-state index contributed by atoms with van der Waals surface area (Å²) in [4.78, 5) is 27.6. The van der Waals surface area contributed by atoms with Crippen LogP contribution in [0.25, 0.3) is 16.6 Å². The van der Waals surface area contributed by atoms with Crippen molar-refractivity contribution in [3.63, 3.8) is 0 Å². The van der Waals surface area contributed by atoms with Gasteiger partial charge in [-0.05, 0) is 36.0 Å². The lowest BCUT2D eigenvalue weighted by molar-refractivity contribution is 0.0714. The van der Waals surface area contributed by atoms with Crippen LogP contribution in [0, 0.1) is 0 Å². The maximum absolute atomic E-state index is 13.2.